The minimum Gasteiger partial charge on any atom is -0.297 e. The molecule has 0 radical (unpaired) electrons. The van der Waals surface area contributed by atoms with Gasteiger partial charge in [0.2, 0.25) is 0 Å². The van der Waals surface area contributed by atoms with E-state index in [1.54, 1.807) is 13.3 Å². The molecule has 0 aromatic rings. The Morgan fingerprint density at radius 1 is 1.55 bits per heavy atom. The normalized spacial score (nSPS) is 12.7. The molecule has 0 bridgehead atoms. The summed E-state index contributed by atoms with van der Waals surface area (Å²) < 4.78 is 0.915. The number of hydrazone groups is 1. The Labute approximate surface area is 80.1 Å². The zero-order chi connectivity index (χ0) is 8.53. The molecule has 0 aliphatic heterocycles. The van der Waals surface area contributed by atoms with Crippen molar-refractivity contribution >= 4 is 35.5 Å². The van der Waals surface area contributed by atoms with Crippen LogP contribution in [0, 0.1) is 0 Å². The first-order valence-electron chi connectivity index (χ1n) is 2.97. The minimum absolute atomic E-state index is 0.915. The van der Waals surface area contributed by atoms with E-state index in [0.29, 0.717) is 0 Å². The van der Waals surface area contributed by atoms with Crippen molar-refractivity contribution in [2.75, 3.05) is 7.05 Å². The molecular weight excluding hydrogens is 253 g/mol. The smallest absolute Gasteiger partial charge is 0.0941 e. The van der Waals surface area contributed by atoms with Gasteiger partial charge in [-0.2, -0.15) is 5.10 Å². The highest BCUT2D eigenvalue weighted by Gasteiger charge is 1.79. The lowest BCUT2D eigenvalue weighted by atomic mass is 10.5. The highest BCUT2D eigenvalue weighted by atomic mass is 127. The van der Waals surface area contributed by atoms with Crippen molar-refractivity contribution < 1.29 is 0 Å². The van der Waals surface area contributed by atoms with Crippen molar-refractivity contribution in [2.24, 2.45) is 10.1 Å². The third-order valence-corrected chi connectivity index (χ3v) is 1.38. The van der Waals surface area contributed by atoms with Crippen LogP contribution >= 0.6 is 22.6 Å². The predicted octanol–water partition coefficient (Wildman–Crippen LogP) is 1.72. The van der Waals surface area contributed by atoms with Crippen LogP contribution in [0.1, 0.15) is 0 Å². The summed E-state index contributed by atoms with van der Waals surface area (Å²) in [7, 11) is 1.72. The fourth-order valence-electron chi connectivity index (χ4n) is 0.389. The van der Waals surface area contributed by atoms with Gasteiger partial charge in [-0.25, -0.2) is 0 Å². The van der Waals surface area contributed by atoms with Crippen LogP contribution in [0.2, 0.25) is 0 Å². The maximum absolute atomic E-state index is 3.78. The van der Waals surface area contributed by atoms with Gasteiger partial charge < -0.3 is 0 Å². The van der Waals surface area contributed by atoms with Crippen LogP contribution in [-0.4, -0.2) is 20.0 Å². The van der Waals surface area contributed by atoms with Gasteiger partial charge in [0.25, 0.3) is 0 Å². The van der Waals surface area contributed by atoms with E-state index in [4.69, 9.17) is 0 Å². The Kier molecular flexibility index (Phi) is 7.02. The summed E-state index contributed by atoms with van der Waals surface area (Å²) >= 11 is 2.11. The van der Waals surface area contributed by atoms with Gasteiger partial charge in [-0.15, -0.1) is 0 Å². The molecule has 0 heterocycles. The number of allylic oxidation sites excluding steroid dienone is 3. The molecule has 0 aliphatic rings. The van der Waals surface area contributed by atoms with Crippen LogP contribution < -0.4 is 5.43 Å². The Morgan fingerprint density at radius 2 is 2.27 bits per heavy atom. The molecule has 0 amide bonds. The highest BCUT2D eigenvalue weighted by Crippen LogP contribution is 1.99. The first-order chi connectivity index (χ1) is 5.31. The van der Waals surface area contributed by atoms with Crippen LogP contribution in [0.15, 0.2) is 32.0 Å². The lowest BCUT2D eigenvalue weighted by molar-refractivity contribution is 0.973. The highest BCUT2D eigenvalue weighted by molar-refractivity contribution is 14.1. The monoisotopic (exact) mass is 263 g/mol. The number of halogens is 1. The van der Waals surface area contributed by atoms with Gasteiger partial charge in [0.1, 0.15) is 0 Å². The molecule has 0 fully saturated rings. The summed E-state index contributed by atoms with van der Waals surface area (Å²) in [5, 5.41) is 3.49. The molecule has 4 heteroatoms. The second kappa shape index (κ2) is 7.46. The topological polar surface area (TPSA) is 36.8 Å². The van der Waals surface area contributed by atoms with Crippen molar-refractivity contribution in [1.82, 2.24) is 5.43 Å². The fraction of sp³-hybridized carbons (Fsp3) is 0.143. The first-order valence-corrected chi connectivity index (χ1v) is 4.05. The minimum atomic E-state index is 0.915. The number of hydrogen-bond donors (Lipinski definition) is 1. The number of nitrogens with zero attached hydrogens (tertiary/aromatic N) is 2. The second-order valence-electron chi connectivity index (χ2n) is 1.58. The fourth-order valence-corrected chi connectivity index (χ4v) is 0.767. The summed E-state index contributed by atoms with van der Waals surface area (Å²) in [4.78, 5) is 3.78. The van der Waals surface area contributed by atoms with Crippen LogP contribution in [0.3, 0.4) is 0 Å². The van der Waals surface area contributed by atoms with E-state index in [1.807, 2.05) is 18.2 Å². The SMILES string of the molecule is C=NNC(I)=CC=CC=NC. The molecule has 0 saturated heterocycles. The van der Waals surface area contributed by atoms with Gasteiger partial charge >= 0.3 is 0 Å². The predicted molar refractivity (Wildman–Crippen MR) is 58.3 cm³/mol. The molecule has 11 heavy (non-hydrogen) atoms. The summed E-state index contributed by atoms with van der Waals surface area (Å²) in [6, 6.07) is 0. The number of rotatable bonds is 4. The van der Waals surface area contributed by atoms with Gasteiger partial charge in [0, 0.05) is 20.0 Å². The van der Waals surface area contributed by atoms with Crippen molar-refractivity contribution in [1.29, 1.82) is 0 Å². The van der Waals surface area contributed by atoms with Crippen LogP contribution in [0.25, 0.3) is 0 Å². The van der Waals surface area contributed by atoms with Crippen molar-refractivity contribution in [2.45, 2.75) is 0 Å². The molecular formula is C7H10IN3. The molecule has 60 valence electrons. The lowest BCUT2D eigenvalue weighted by Gasteiger charge is -1.91. The lowest BCUT2D eigenvalue weighted by Crippen LogP contribution is -1.95. The maximum Gasteiger partial charge on any atom is 0.0941 e. The molecule has 1 N–H and O–H groups in total. The van der Waals surface area contributed by atoms with Crippen molar-refractivity contribution in [3.05, 3.63) is 21.9 Å². The van der Waals surface area contributed by atoms with Crippen LogP contribution in [0.5, 0.6) is 0 Å². The zero-order valence-corrected chi connectivity index (χ0v) is 8.45. The van der Waals surface area contributed by atoms with E-state index in [-0.39, 0.29) is 0 Å². The second-order valence-corrected chi connectivity index (χ2v) is 2.74. The summed E-state index contributed by atoms with van der Waals surface area (Å²) in [6.07, 6.45) is 7.29. The molecule has 0 atom stereocenters. The Morgan fingerprint density at radius 3 is 2.82 bits per heavy atom. The number of aliphatic imine (C=N–C) groups is 1. The Balaban J connectivity index is 3.79. The molecule has 0 aliphatic carbocycles. The van der Waals surface area contributed by atoms with Crippen molar-refractivity contribution in [3.8, 4) is 0 Å². The molecule has 0 saturated carbocycles. The molecule has 0 unspecified atom stereocenters. The van der Waals surface area contributed by atoms with Gasteiger partial charge in [0.15, 0.2) is 0 Å². The van der Waals surface area contributed by atoms with E-state index in [0.717, 1.165) is 3.70 Å². The Bertz CT molecular complexity index is 194. The Hall–Kier alpha value is -0.650. The molecule has 0 aromatic carbocycles. The average Bonchev–Trinajstić information content (AvgIpc) is 1.99. The molecule has 0 spiro atoms. The number of nitrogens with one attached hydrogen (secondary N) is 1. The molecule has 3 nitrogen and oxygen atoms in total. The third-order valence-electron chi connectivity index (χ3n) is 0.775. The summed E-state index contributed by atoms with van der Waals surface area (Å²) in [6.45, 7) is 3.29. The molecule has 0 aromatic heterocycles. The van der Waals surface area contributed by atoms with Gasteiger partial charge in [0.05, 0.1) is 3.70 Å². The first kappa shape index (κ1) is 10.3. The van der Waals surface area contributed by atoms with Gasteiger partial charge in [-0.1, -0.05) is 6.08 Å². The van der Waals surface area contributed by atoms with E-state index in [2.05, 4.69) is 44.8 Å². The maximum atomic E-state index is 3.78. The summed E-state index contributed by atoms with van der Waals surface area (Å²) in [5.41, 5.74) is 2.69. The molecule has 0 rings (SSSR count). The van der Waals surface area contributed by atoms with Gasteiger partial charge in [-0.05, 0) is 34.7 Å². The summed E-state index contributed by atoms with van der Waals surface area (Å²) in [5.74, 6) is 0. The number of hydrogen-bond acceptors (Lipinski definition) is 3. The average molecular weight is 263 g/mol. The van der Waals surface area contributed by atoms with E-state index >= 15 is 0 Å². The van der Waals surface area contributed by atoms with Crippen LogP contribution in [0.4, 0.5) is 0 Å². The quantitative estimate of drug-likeness (QED) is 0.271. The van der Waals surface area contributed by atoms with E-state index in [9.17, 15) is 0 Å². The van der Waals surface area contributed by atoms with E-state index in [1.165, 1.54) is 0 Å². The third kappa shape index (κ3) is 7.24. The van der Waals surface area contributed by atoms with E-state index < -0.39 is 0 Å². The van der Waals surface area contributed by atoms with Gasteiger partial charge in [-0.3, -0.25) is 10.4 Å². The standard InChI is InChI=1S/C7H10IN3/c1-9-6-4-3-5-7(8)11-10-2/h3-6,11H,2H2,1H3. The van der Waals surface area contributed by atoms with Crippen LogP contribution in [-0.2, 0) is 0 Å². The largest absolute Gasteiger partial charge is 0.297 e. The van der Waals surface area contributed by atoms with Crippen molar-refractivity contribution in [3.63, 3.8) is 0 Å². The zero-order valence-electron chi connectivity index (χ0n) is 6.29.